The SMILES string of the molecule is CCCCOC(=O)C(C)(Sc1nnc(N)s1)C(CCCC)CCCC. The van der Waals surface area contributed by atoms with Crippen molar-refractivity contribution in [1.29, 1.82) is 0 Å². The Labute approximate surface area is 160 Å². The van der Waals surface area contributed by atoms with Crippen molar-refractivity contribution in [1.82, 2.24) is 10.2 Å². The molecule has 0 aliphatic carbocycles. The predicted octanol–water partition coefficient (Wildman–Crippen LogP) is 5.31. The summed E-state index contributed by atoms with van der Waals surface area (Å²) < 4.78 is 5.73. The van der Waals surface area contributed by atoms with Crippen LogP contribution in [0, 0.1) is 5.92 Å². The molecule has 1 atom stereocenters. The number of nitrogens with zero attached hydrogens (tertiary/aromatic N) is 2. The number of anilines is 1. The van der Waals surface area contributed by atoms with Gasteiger partial charge in [0.05, 0.1) is 6.61 Å². The van der Waals surface area contributed by atoms with Crippen LogP contribution in [0.3, 0.4) is 0 Å². The lowest BCUT2D eigenvalue weighted by atomic mass is 9.84. The van der Waals surface area contributed by atoms with Gasteiger partial charge in [-0.1, -0.05) is 76.0 Å². The lowest BCUT2D eigenvalue weighted by molar-refractivity contribution is -0.148. The summed E-state index contributed by atoms with van der Waals surface area (Å²) in [6.45, 7) is 8.97. The lowest BCUT2D eigenvalue weighted by Gasteiger charge is -2.34. The Balaban J connectivity index is 3.00. The van der Waals surface area contributed by atoms with Crippen molar-refractivity contribution in [3.05, 3.63) is 0 Å². The van der Waals surface area contributed by atoms with Gasteiger partial charge in [-0.25, -0.2) is 0 Å². The summed E-state index contributed by atoms with van der Waals surface area (Å²) in [5, 5.41) is 8.45. The van der Waals surface area contributed by atoms with Crippen LogP contribution in [0.4, 0.5) is 5.13 Å². The van der Waals surface area contributed by atoms with E-state index < -0.39 is 4.75 Å². The van der Waals surface area contributed by atoms with Crippen molar-refractivity contribution in [2.24, 2.45) is 5.92 Å². The van der Waals surface area contributed by atoms with E-state index >= 15 is 0 Å². The number of ether oxygens (including phenoxy) is 1. The van der Waals surface area contributed by atoms with Gasteiger partial charge in [0, 0.05) is 0 Å². The molecule has 0 aromatic carbocycles. The van der Waals surface area contributed by atoms with Gasteiger partial charge in [0.1, 0.15) is 4.75 Å². The molecule has 2 N–H and O–H groups in total. The number of carbonyl (C=O) groups is 1. The second kappa shape index (κ2) is 11.7. The number of nitrogens with two attached hydrogens (primary N) is 1. The topological polar surface area (TPSA) is 78.1 Å². The molecule has 0 amide bonds. The summed E-state index contributed by atoms with van der Waals surface area (Å²) in [4.78, 5) is 13.0. The van der Waals surface area contributed by atoms with E-state index in [1.807, 2.05) is 6.92 Å². The summed E-state index contributed by atoms with van der Waals surface area (Å²) in [5.74, 6) is 0.133. The van der Waals surface area contributed by atoms with Gasteiger partial charge in [-0.3, -0.25) is 4.79 Å². The number of esters is 1. The first-order valence-corrected chi connectivity index (χ1v) is 11.1. The fraction of sp³-hybridized carbons (Fsp3) is 0.833. The number of thioether (sulfide) groups is 1. The molecule has 0 fully saturated rings. The first-order chi connectivity index (χ1) is 12.0. The number of aromatic nitrogens is 2. The number of nitrogen functional groups attached to an aromatic ring is 1. The van der Waals surface area contributed by atoms with Crippen molar-refractivity contribution in [2.75, 3.05) is 12.3 Å². The van der Waals surface area contributed by atoms with Gasteiger partial charge in [-0.2, -0.15) is 0 Å². The van der Waals surface area contributed by atoms with Gasteiger partial charge in [0.15, 0.2) is 4.34 Å². The third-order valence-corrected chi connectivity index (χ3v) is 6.68. The molecule has 0 spiro atoms. The van der Waals surface area contributed by atoms with Crippen LogP contribution >= 0.6 is 23.1 Å². The highest BCUT2D eigenvalue weighted by molar-refractivity contribution is 8.03. The fourth-order valence-electron chi connectivity index (χ4n) is 2.78. The van der Waals surface area contributed by atoms with Crippen LogP contribution in [0.5, 0.6) is 0 Å². The van der Waals surface area contributed by atoms with E-state index in [2.05, 4.69) is 31.0 Å². The lowest BCUT2D eigenvalue weighted by Crippen LogP contribution is -2.41. The highest BCUT2D eigenvalue weighted by atomic mass is 32.2. The Morgan fingerprint density at radius 3 is 2.24 bits per heavy atom. The molecule has 1 heterocycles. The van der Waals surface area contributed by atoms with Crippen LogP contribution in [-0.4, -0.2) is 27.5 Å². The van der Waals surface area contributed by atoms with Crippen LogP contribution < -0.4 is 5.73 Å². The highest BCUT2D eigenvalue weighted by Gasteiger charge is 2.44. The molecule has 0 radical (unpaired) electrons. The minimum absolute atomic E-state index is 0.128. The summed E-state index contributed by atoms with van der Waals surface area (Å²) in [7, 11) is 0. The minimum Gasteiger partial charge on any atom is -0.465 e. The average molecular weight is 388 g/mol. The molecule has 0 saturated heterocycles. The fourth-order valence-corrected chi connectivity index (χ4v) is 5.06. The van der Waals surface area contributed by atoms with E-state index in [-0.39, 0.29) is 11.9 Å². The number of carbonyl (C=O) groups excluding carboxylic acids is 1. The van der Waals surface area contributed by atoms with Gasteiger partial charge >= 0.3 is 5.97 Å². The van der Waals surface area contributed by atoms with Crippen LogP contribution in [0.2, 0.25) is 0 Å². The maximum Gasteiger partial charge on any atom is 0.322 e. The highest BCUT2D eigenvalue weighted by Crippen LogP contribution is 2.45. The summed E-state index contributed by atoms with van der Waals surface area (Å²) in [6, 6.07) is 0. The maximum atomic E-state index is 13.0. The third-order valence-electron chi connectivity index (χ3n) is 4.45. The van der Waals surface area contributed by atoms with Crippen molar-refractivity contribution < 1.29 is 9.53 Å². The van der Waals surface area contributed by atoms with Gasteiger partial charge in [-0.15, -0.1) is 10.2 Å². The largest absolute Gasteiger partial charge is 0.465 e. The predicted molar refractivity (Wildman–Crippen MR) is 107 cm³/mol. The van der Waals surface area contributed by atoms with Crippen LogP contribution in [0.15, 0.2) is 4.34 Å². The quantitative estimate of drug-likeness (QED) is 0.281. The Hall–Kier alpha value is -0.820. The van der Waals surface area contributed by atoms with Gasteiger partial charge in [0.2, 0.25) is 5.13 Å². The number of hydrogen-bond acceptors (Lipinski definition) is 7. The van der Waals surface area contributed by atoms with Crippen molar-refractivity contribution in [2.45, 2.75) is 88.1 Å². The minimum atomic E-state index is -0.649. The molecule has 5 nitrogen and oxygen atoms in total. The summed E-state index contributed by atoms with van der Waals surface area (Å²) in [5.41, 5.74) is 5.72. The molecule has 1 aromatic heterocycles. The molecule has 1 rings (SSSR count). The maximum absolute atomic E-state index is 13.0. The van der Waals surface area contributed by atoms with E-state index in [9.17, 15) is 4.79 Å². The van der Waals surface area contributed by atoms with Gasteiger partial charge in [-0.05, 0) is 32.1 Å². The van der Waals surface area contributed by atoms with Gasteiger partial charge in [0.25, 0.3) is 0 Å². The molecule has 25 heavy (non-hydrogen) atoms. The molecule has 0 aliphatic rings. The average Bonchev–Trinajstić information content (AvgIpc) is 2.99. The Kier molecular flexibility index (Phi) is 10.4. The Morgan fingerprint density at radius 1 is 1.16 bits per heavy atom. The number of unbranched alkanes of at least 4 members (excludes halogenated alkanes) is 3. The zero-order valence-electron chi connectivity index (χ0n) is 16.0. The molecular formula is C18H33N3O2S2. The first kappa shape index (κ1) is 22.2. The standard InChI is InChI=1S/C18H33N3O2S2/c1-5-8-11-14(12-9-6-2)18(4,15(22)23-13-10-7-3)25-17-21-20-16(19)24-17/h14H,5-13H2,1-4H3,(H2,19,20). The molecular weight excluding hydrogens is 354 g/mol. The summed E-state index contributed by atoms with van der Waals surface area (Å²) in [6.07, 6.45) is 8.44. The Morgan fingerprint density at radius 2 is 1.76 bits per heavy atom. The van der Waals surface area contributed by atoms with E-state index in [1.54, 1.807) is 0 Å². The zero-order chi connectivity index (χ0) is 18.7. The third kappa shape index (κ3) is 7.13. The van der Waals surface area contributed by atoms with Crippen LogP contribution in [-0.2, 0) is 9.53 Å². The number of rotatable bonds is 13. The van der Waals surface area contributed by atoms with Gasteiger partial charge < -0.3 is 10.5 Å². The van der Waals surface area contributed by atoms with E-state index in [0.717, 1.165) is 55.7 Å². The molecule has 0 saturated carbocycles. The normalized spacial score (nSPS) is 13.8. The van der Waals surface area contributed by atoms with Crippen LogP contribution in [0.1, 0.15) is 79.1 Å². The number of hydrogen-bond donors (Lipinski definition) is 1. The van der Waals surface area contributed by atoms with Crippen molar-refractivity contribution in [3.8, 4) is 0 Å². The molecule has 0 aliphatic heterocycles. The molecule has 7 heteroatoms. The molecule has 1 unspecified atom stereocenters. The van der Waals surface area contributed by atoms with E-state index in [0.29, 0.717) is 11.7 Å². The Bertz CT molecular complexity index is 502. The molecule has 144 valence electrons. The summed E-state index contributed by atoms with van der Waals surface area (Å²) >= 11 is 2.81. The second-order valence-electron chi connectivity index (χ2n) is 6.59. The molecule has 1 aromatic rings. The van der Waals surface area contributed by atoms with Crippen molar-refractivity contribution >= 4 is 34.2 Å². The van der Waals surface area contributed by atoms with E-state index in [1.165, 1.54) is 23.1 Å². The second-order valence-corrected chi connectivity index (χ2v) is 9.29. The van der Waals surface area contributed by atoms with Crippen molar-refractivity contribution in [3.63, 3.8) is 0 Å². The van der Waals surface area contributed by atoms with Crippen LogP contribution in [0.25, 0.3) is 0 Å². The molecule has 0 bridgehead atoms. The smallest absolute Gasteiger partial charge is 0.322 e. The first-order valence-electron chi connectivity index (χ1n) is 9.43. The van der Waals surface area contributed by atoms with E-state index in [4.69, 9.17) is 10.5 Å². The monoisotopic (exact) mass is 387 g/mol. The zero-order valence-corrected chi connectivity index (χ0v) is 17.7.